The van der Waals surface area contributed by atoms with Crippen LogP contribution >= 0.6 is 22.9 Å². The second kappa shape index (κ2) is 4.33. The van der Waals surface area contributed by atoms with E-state index in [1.807, 2.05) is 0 Å². The standard InChI is InChI=1S/C9H14ClN3OS/c1-9(2)6-13(3-4-14-9)5-7-11-12-8(10)15-7/h3-6H2,1-2H3. The number of aromatic nitrogens is 2. The van der Waals surface area contributed by atoms with Crippen molar-refractivity contribution in [3.63, 3.8) is 0 Å². The maximum absolute atomic E-state index is 5.74. The lowest BCUT2D eigenvalue weighted by Gasteiger charge is -2.37. The molecule has 0 spiro atoms. The monoisotopic (exact) mass is 247 g/mol. The van der Waals surface area contributed by atoms with Crippen LogP contribution in [0.15, 0.2) is 0 Å². The topological polar surface area (TPSA) is 38.2 Å². The molecular formula is C9H14ClN3OS. The van der Waals surface area contributed by atoms with Gasteiger partial charge in [-0.25, -0.2) is 0 Å². The minimum Gasteiger partial charge on any atom is -0.373 e. The molecule has 0 aromatic carbocycles. The highest BCUT2D eigenvalue weighted by molar-refractivity contribution is 7.15. The molecule has 1 fully saturated rings. The Kier molecular flexibility index (Phi) is 3.25. The van der Waals surface area contributed by atoms with Crippen molar-refractivity contribution in [2.45, 2.75) is 26.0 Å². The zero-order valence-electron chi connectivity index (χ0n) is 8.86. The number of ether oxygens (including phenoxy) is 1. The summed E-state index contributed by atoms with van der Waals surface area (Å²) in [5.74, 6) is 0. The number of morpholine rings is 1. The number of nitrogens with zero attached hydrogens (tertiary/aromatic N) is 3. The van der Waals surface area contributed by atoms with Crippen molar-refractivity contribution in [1.82, 2.24) is 15.1 Å². The van der Waals surface area contributed by atoms with E-state index in [1.165, 1.54) is 11.3 Å². The van der Waals surface area contributed by atoms with Gasteiger partial charge in [0, 0.05) is 13.1 Å². The molecule has 4 nitrogen and oxygen atoms in total. The Hall–Kier alpha value is -0.230. The van der Waals surface area contributed by atoms with Crippen molar-refractivity contribution in [2.24, 2.45) is 0 Å². The molecule has 0 bridgehead atoms. The summed E-state index contributed by atoms with van der Waals surface area (Å²) in [6, 6.07) is 0. The molecule has 1 aromatic heterocycles. The van der Waals surface area contributed by atoms with Crippen molar-refractivity contribution >= 4 is 22.9 Å². The fraction of sp³-hybridized carbons (Fsp3) is 0.778. The molecule has 15 heavy (non-hydrogen) atoms. The van der Waals surface area contributed by atoms with Crippen LogP contribution in [-0.2, 0) is 11.3 Å². The first-order valence-electron chi connectivity index (χ1n) is 4.89. The van der Waals surface area contributed by atoms with Crippen molar-refractivity contribution in [2.75, 3.05) is 19.7 Å². The molecule has 1 aliphatic heterocycles. The summed E-state index contributed by atoms with van der Waals surface area (Å²) in [5.41, 5.74) is -0.0628. The van der Waals surface area contributed by atoms with E-state index >= 15 is 0 Å². The van der Waals surface area contributed by atoms with Crippen LogP contribution in [0.4, 0.5) is 0 Å². The first kappa shape index (κ1) is 11.3. The predicted molar refractivity (Wildman–Crippen MR) is 60.2 cm³/mol. The molecule has 0 atom stereocenters. The average molecular weight is 248 g/mol. The van der Waals surface area contributed by atoms with Crippen molar-refractivity contribution < 1.29 is 4.74 Å². The molecule has 2 heterocycles. The largest absolute Gasteiger partial charge is 0.373 e. The van der Waals surface area contributed by atoms with E-state index in [0.717, 1.165) is 31.2 Å². The highest BCUT2D eigenvalue weighted by Crippen LogP contribution is 2.21. The van der Waals surface area contributed by atoms with Crippen molar-refractivity contribution in [3.8, 4) is 0 Å². The van der Waals surface area contributed by atoms with Gasteiger partial charge in [-0.1, -0.05) is 11.3 Å². The third-order valence-electron chi connectivity index (χ3n) is 2.31. The normalized spacial score (nSPS) is 21.8. The first-order valence-corrected chi connectivity index (χ1v) is 6.09. The maximum atomic E-state index is 5.74. The first-order chi connectivity index (χ1) is 7.05. The molecule has 1 aliphatic rings. The Labute approximate surface area is 98.2 Å². The number of hydrogen-bond acceptors (Lipinski definition) is 5. The third kappa shape index (κ3) is 3.11. The summed E-state index contributed by atoms with van der Waals surface area (Å²) >= 11 is 7.18. The zero-order chi connectivity index (χ0) is 10.9. The van der Waals surface area contributed by atoms with Crippen molar-refractivity contribution in [1.29, 1.82) is 0 Å². The lowest BCUT2D eigenvalue weighted by atomic mass is 10.1. The smallest absolute Gasteiger partial charge is 0.207 e. The second-order valence-corrected chi connectivity index (χ2v) is 5.91. The fourth-order valence-corrected chi connectivity index (χ4v) is 2.65. The van der Waals surface area contributed by atoms with Crippen molar-refractivity contribution in [3.05, 3.63) is 9.47 Å². The lowest BCUT2D eigenvalue weighted by molar-refractivity contribution is -0.0883. The molecule has 2 rings (SSSR count). The summed E-state index contributed by atoms with van der Waals surface area (Å²) in [6.07, 6.45) is 0. The molecule has 84 valence electrons. The lowest BCUT2D eigenvalue weighted by Crippen LogP contribution is -2.47. The van der Waals surface area contributed by atoms with Crippen LogP contribution in [-0.4, -0.2) is 40.4 Å². The van der Waals surface area contributed by atoms with Gasteiger partial charge in [0.1, 0.15) is 5.01 Å². The van der Waals surface area contributed by atoms with E-state index in [1.54, 1.807) is 0 Å². The molecule has 0 unspecified atom stereocenters. The molecular weight excluding hydrogens is 234 g/mol. The quantitative estimate of drug-likeness (QED) is 0.799. The Balaban J connectivity index is 1.95. The van der Waals surface area contributed by atoms with Gasteiger partial charge in [-0.2, -0.15) is 0 Å². The van der Waals surface area contributed by atoms with Gasteiger partial charge in [0.25, 0.3) is 0 Å². The summed E-state index contributed by atoms with van der Waals surface area (Å²) < 4.78 is 6.15. The van der Waals surface area contributed by atoms with Crippen LogP contribution in [0.5, 0.6) is 0 Å². The molecule has 0 N–H and O–H groups in total. The number of rotatable bonds is 2. The van der Waals surface area contributed by atoms with Crippen LogP contribution in [0.2, 0.25) is 4.47 Å². The summed E-state index contributed by atoms with van der Waals surface area (Å²) in [5, 5.41) is 8.78. The molecule has 1 aromatic rings. The fourth-order valence-electron chi connectivity index (χ4n) is 1.74. The van der Waals surface area contributed by atoms with Gasteiger partial charge in [-0.05, 0) is 25.4 Å². The summed E-state index contributed by atoms with van der Waals surface area (Å²) in [7, 11) is 0. The Bertz CT molecular complexity index is 342. The van der Waals surface area contributed by atoms with Crippen LogP contribution in [0, 0.1) is 0 Å². The minimum absolute atomic E-state index is 0.0628. The van der Waals surface area contributed by atoms with Gasteiger partial charge < -0.3 is 4.74 Å². The molecule has 0 aliphatic carbocycles. The highest BCUT2D eigenvalue weighted by Gasteiger charge is 2.27. The Morgan fingerprint density at radius 2 is 2.33 bits per heavy atom. The molecule has 0 saturated carbocycles. The zero-order valence-corrected chi connectivity index (χ0v) is 10.4. The number of halogens is 1. The van der Waals surface area contributed by atoms with Gasteiger partial charge >= 0.3 is 0 Å². The van der Waals surface area contributed by atoms with Gasteiger partial charge in [0.15, 0.2) is 0 Å². The van der Waals surface area contributed by atoms with Crippen LogP contribution in [0.3, 0.4) is 0 Å². The van der Waals surface area contributed by atoms with E-state index < -0.39 is 0 Å². The maximum Gasteiger partial charge on any atom is 0.207 e. The Morgan fingerprint density at radius 3 is 2.93 bits per heavy atom. The van der Waals surface area contributed by atoms with E-state index in [4.69, 9.17) is 16.3 Å². The summed E-state index contributed by atoms with van der Waals surface area (Å²) in [6.45, 7) is 7.67. The number of hydrogen-bond donors (Lipinski definition) is 0. The van der Waals surface area contributed by atoms with E-state index in [2.05, 4.69) is 28.9 Å². The Morgan fingerprint density at radius 1 is 1.53 bits per heavy atom. The molecule has 0 amide bonds. The predicted octanol–water partition coefficient (Wildman–Crippen LogP) is 1.80. The van der Waals surface area contributed by atoms with E-state index in [0.29, 0.717) is 4.47 Å². The van der Waals surface area contributed by atoms with Crippen LogP contribution in [0.25, 0.3) is 0 Å². The molecule has 6 heteroatoms. The van der Waals surface area contributed by atoms with E-state index in [-0.39, 0.29) is 5.60 Å². The second-order valence-electron chi connectivity index (χ2n) is 4.27. The highest BCUT2D eigenvalue weighted by atomic mass is 35.5. The molecule has 1 saturated heterocycles. The average Bonchev–Trinajstić information content (AvgIpc) is 2.49. The molecule has 0 radical (unpaired) electrons. The SMILES string of the molecule is CC1(C)CN(Cc2nnc(Cl)s2)CCO1. The van der Waals surface area contributed by atoms with Gasteiger partial charge in [0.2, 0.25) is 4.47 Å². The van der Waals surface area contributed by atoms with Crippen LogP contribution in [0.1, 0.15) is 18.9 Å². The summed E-state index contributed by atoms with van der Waals surface area (Å²) in [4.78, 5) is 2.32. The van der Waals surface area contributed by atoms with E-state index in [9.17, 15) is 0 Å². The van der Waals surface area contributed by atoms with Crippen LogP contribution < -0.4 is 0 Å². The third-order valence-corrected chi connectivity index (χ3v) is 3.31. The van der Waals surface area contributed by atoms with Gasteiger partial charge in [0.05, 0.1) is 18.8 Å². The van der Waals surface area contributed by atoms with Gasteiger partial charge in [-0.15, -0.1) is 10.2 Å². The minimum atomic E-state index is -0.0628. The van der Waals surface area contributed by atoms with Gasteiger partial charge in [-0.3, -0.25) is 4.90 Å².